The first-order valence-corrected chi connectivity index (χ1v) is 6.16. The fourth-order valence-electron chi connectivity index (χ4n) is 1.88. The zero-order valence-electron chi connectivity index (χ0n) is 10.7. The highest BCUT2D eigenvalue weighted by Gasteiger charge is 2.15. The molecule has 0 fully saturated rings. The topological polar surface area (TPSA) is 47.8 Å². The van der Waals surface area contributed by atoms with Gasteiger partial charge in [0.05, 0.1) is 6.54 Å². The van der Waals surface area contributed by atoms with Crippen LogP contribution in [-0.4, -0.2) is 20.5 Å². The predicted molar refractivity (Wildman–Crippen MR) is 69.3 cm³/mol. The van der Waals surface area contributed by atoms with Crippen molar-refractivity contribution < 1.29 is 4.79 Å². The molecule has 18 heavy (non-hydrogen) atoms. The Kier molecular flexibility index (Phi) is 3.87. The van der Waals surface area contributed by atoms with Gasteiger partial charge in [0.25, 0.3) is 0 Å². The van der Waals surface area contributed by atoms with Gasteiger partial charge in [-0.1, -0.05) is 38.1 Å². The SMILES string of the molecule is CCc1ccc(C(=O)C(C)Cn2cncn2)cc1. The van der Waals surface area contributed by atoms with Gasteiger partial charge >= 0.3 is 0 Å². The molecule has 0 aliphatic heterocycles. The van der Waals surface area contributed by atoms with Crippen molar-refractivity contribution in [3.05, 3.63) is 48.0 Å². The molecular weight excluding hydrogens is 226 g/mol. The summed E-state index contributed by atoms with van der Waals surface area (Å²) in [5, 5.41) is 4.01. The van der Waals surface area contributed by atoms with Gasteiger partial charge in [-0.2, -0.15) is 5.10 Å². The van der Waals surface area contributed by atoms with Crippen LogP contribution >= 0.6 is 0 Å². The fourth-order valence-corrected chi connectivity index (χ4v) is 1.88. The lowest BCUT2D eigenvalue weighted by atomic mass is 9.98. The molecule has 0 spiro atoms. The van der Waals surface area contributed by atoms with Crippen molar-refractivity contribution in [3.63, 3.8) is 0 Å². The molecule has 0 aliphatic carbocycles. The number of benzene rings is 1. The summed E-state index contributed by atoms with van der Waals surface area (Å²) in [6.07, 6.45) is 4.10. The summed E-state index contributed by atoms with van der Waals surface area (Å²) >= 11 is 0. The molecule has 1 heterocycles. The summed E-state index contributed by atoms with van der Waals surface area (Å²) in [4.78, 5) is 16.1. The Morgan fingerprint density at radius 3 is 2.61 bits per heavy atom. The van der Waals surface area contributed by atoms with Crippen LogP contribution in [0.1, 0.15) is 29.8 Å². The highest BCUT2D eigenvalue weighted by atomic mass is 16.1. The maximum absolute atomic E-state index is 12.2. The van der Waals surface area contributed by atoms with E-state index in [0.29, 0.717) is 6.54 Å². The molecule has 1 aromatic heterocycles. The Labute approximate surface area is 107 Å². The minimum absolute atomic E-state index is 0.0980. The molecule has 0 aliphatic rings. The highest BCUT2D eigenvalue weighted by molar-refractivity contribution is 5.97. The summed E-state index contributed by atoms with van der Waals surface area (Å²) < 4.78 is 1.68. The summed E-state index contributed by atoms with van der Waals surface area (Å²) in [6, 6.07) is 7.82. The van der Waals surface area contributed by atoms with Crippen molar-refractivity contribution in [2.24, 2.45) is 5.92 Å². The van der Waals surface area contributed by atoms with E-state index in [0.717, 1.165) is 12.0 Å². The van der Waals surface area contributed by atoms with E-state index in [-0.39, 0.29) is 11.7 Å². The van der Waals surface area contributed by atoms with Crippen LogP contribution in [0.3, 0.4) is 0 Å². The van der Waals surface area contributed by atoms with Gasteiger partial charge in [0.2, 0.25) is 0 Å². The van der Waals surface area contributed by atoms with Crippen LogP contribution in [0, 0.1) is 5.92 Å². The minimum Gasteiger partial charge on any atom is -0.294 e. The largest absolute Gasteiger partial charge is 0.294 e. The average Bonchev–Trinajstić information content (AvgIpc) is 2.91. The van der Waals surface area contributed by atoms with Crippen LogP contribution in [0.25, 0.3) is 0 Å². The lowest BCUT2D eigenvalue weighted by Gasteiger charge is -2.10. The van der Waals surface area contributed by atoms with Gasteiger partial charge in [0.15, 0.2) is 5.78 Å². The van der Waals surface area contributed by atoms with Gasteiger partial charge < -0.3 is 0 Å². The van der Waals surface area contributed by atoms with E-state index in [2.05, 4.69) is 17.0 Å². The molecule has 1 atom stereocenters. The van der Waals surface area contributed by atoms with Crippen LogP contribution in [0.2, 0.25) is 0 Å². The number of carbonyl (C=O) groups is 1. The smallest absolute Gasteiger partial charge is 0.167 e. The summed E-state index contributed by atoms with van der Waals surface area (Å²) in [5.41, 5.74) is 2.01. The summed E-state index contributed by atoms with van der Waals surface area (Å²) in [6.45, 7) is 4.58. The van der Waals surface area contributed by atoms with Crippen molar-refractivity contribution >= 4 is 5.78 Å². The van der Waals surface area contributed by atoms with Gasteiger partial charge in [-0.25, -0.2) is 4.98 Å². The second kappa shape index (κ2) is 5.58. The van der Waals surface area contributed by atoms with E-state index in [1.54, 1.807) is 11.0 Å². The number of nitrogens with zero attached hydrogens (tertiary/aromatic N) is 3. The zero-order valence-corrected chi connectivity index (χ0v) is 10.7. The number of carbonyl (C=O) groups excluding carboxylic acids is 1. The first-order valence-electron chi connectivity index (χ1n) is 6.16. The molecule has 1 aromatic carbocycles. The third-order valence-corrected chi connectivity index (χ3v) is 3.02. The number of hydrogen-bond donors (Lipinski definition) is 0. The standard InChI is InChI=1S/C14H17N3O/c1-3-12-4-6-13(7-5-12)14(18)11(2)8-17-10-15-9-16-17/h4-7,9-11H,3,8H2,1-2H3. The van der Waals surface area contributed by atoms with Crippen molar-refractivity contribution in [3.8, 4) is 0 Å². The van der Waals surface area contributed by atoms with Crippen molar-refractivity contribution in [2.75, 3.05) is 0 Å². The van der Waals surface area contributed by atoms with Crippen molar-refractivity contribution in [2.45, 2.75) is 26.8 Å². The summed E-state index contributed by atoms with van der Waals surface area (Å²) in [5.74, 6) is 0.0485. The molecule has 0 bridgehead atoms. The third kappa shape index (κ3) is 2.83. The van der Waals surface area contributed by atoms with Gasteiger partial charge in [-0.3, -0.25) is 9.48 Å². The van der Waals surface area contributed by atoms with Gasteiger partial charge in [-0.05, 0) is 12.0 Å². The van der Waals surface area contributed by atoms with Gasteiger partial charge in [0.1, 0.15) is 12.7 Å². The molecule has 2 aromatic rings. The molecule has 0 saturated heterocycles. The maximum atomic E-state index is 12.2. The molecule has 94 valence electrons. The van der Waals surface area contributed by atoms with E-state index in [1.807, 2.05) is 31.2 Å². The van der Waals surface area contributed by atoms with E-state index >= 15 is 0 Å². The molecule has 4 heteroatoms. The number of hydrogen-bond acceptors (Lipinski definition) is 3. The number of ketones is 1. The molecule has 0 saturated carbocycles. The Balaban J connectivity index is 2.05. The molecule has 0 amide bonds. The first-order chi connectivity index (χ1) is 8.70. The molecular formula is C14H17N3O. The molecule has 2 rings (SSSR count). The van der Waals surface area contributed by atoms with E-state index in [4.69, 9.17) is 0 Å². The number of aryl methyl sites for hydroxylation is 1. The average molecular weight is 243 g/mol. The monoisotopic (exact) mass is 243 g/mol. The van der Waals surface area contributed by atoms with E-state index in [9.17, 15) is 4.79 Å². The van der Waals surface area contributed by atoms with Crippen molar-refractivity contribution in [1.82, 2.24) is 14.8 Å². The Bertz CT molecular complexity index is 502. The maximum Gasteiger partial charge on any atom is 0.167 e. The van der Waals surface area contributed by atoms with Crippen LogP contribution < -0.4 is 0 Å². The lowest BCUT2D eigenvalue weighted by Crippen LogP contribution is -2.18. The Hall–Kier alpha value is -1.97. The van der Waals surface area contributed by atoms with Crippen LogP contribution in [0.5, 0.6) is 0 Å². The van der Waals surface area contributed by atoms with Gasteiger partial charge in [0, 0.05) is 11.5 Å². The van der Waals surface area contributed by atoms with Crippen LogP contribution in [0.15, 0.2) is 36.9 Å². The second-order valence-corrected chi connectivity index (χ2v) is 4.43. The summed E-state index contributed by atoms with van der Waals surface area (Å²) in [7, 11) is 0. The van der Waals surface area contributed by atoms with Crippen LogP contribution in [0.4, 0.5) is 0 Å². The second-order valence-electron chi connectivity index (χ2n) is 4.43. The number of Topliss-reactive ketones (excluding diaryl/α,β-unsaturated/α-hetero) is 1. The lowest BCUT2D eigenvalue weighted by molar-refractivity contribution is 0.0915. The highest BCUT2D eigenvalue weighted by Crippen LogP contribution is 2.12. The minimum atomic E-state index is -0.0980. The fraction of sp³-hybridized carbons (Fsp3) is 0.357. The number of aromatic nitrogens is 3. The van der Waals surface area contributed by atoms with Crippen LogP contribution in [-0.2, 0) is 13.0 Å². The Morgan fingerprint density at radius 1 is 1.33 bits per heavy atom. The van der Waals surface area contributed by atoms with Gasteiger partial charge in [-0.15, -0.1) is 0 Å². The molecule has 0 radical (unpaired) electrons. The zero-order chi connectivity index (χ0) is 13.0. The first kappa shape index (κ1) is 12.5. The van der Waals surface area contributed by atoms with Crippen molar-refractivity contribution in [1.29, 1.82) is 0 Å². The molecule has 1 unspecified atom stereocenters. The molecule has 0 N–H and O–H groups in total. The predicted octanol–water partition coefficient (Wildman–Crippen LogP) is 2.36. The van der Waals surface area contributed by atoms with E-state index in [1.165, 1.54) is 11.9 Å². The molecule has 4 nitrogen and oxygen atoms in total. The number of rotatable bonds is 5. The Morgan fingerprint density at radius 2 is 2.06 bits per heavy atom. The quantitative estimate of drug-likeness (QED) is 0.757. The normalized spacial score (nSPS) is 12.3. The third-order valence-electron chi connectivity index (χ3n) is 3.02. The van der Waals surface area contributed by atoms with E-state index < -0.39 is 0 Å².